The van der Waals surface area contributed by atoms with Gasteiger partial charge in [0.2, 0.25) is 0 Å². The fourth-order valence-corrected chi connectivity index (χ4v) is 6.15. The average Bonchev–Trinajstić information content (AvgIpc) is 3.63. The average molecular weight is 662 g/mol. The van der Waals surface area contributed by atoms with Crippen LogP contribution in [0.15, 0.2) is 74.0 Å². The predicted octanol–water partition coefficient (Wildman–Crippen LogP) is 4.23. The summed E-state index contributed by atoms with van der Waals surface area (Å²) in [5.74, 6) is 0.256. The van der Waals surface area contributed by atoms with E-state index in [0.29, 0.717) is 49.0 Å². The van der Waals surface area contributed by atoms with E-state index in [-0.39, 0.29) is 36.8 Å². The van der Waals surface area contributed by atoms with Crippen molar-refractivity contribution in [2.24, 2.45) is 4.99 Å². The van der Waals surface area contributed by atoms with Crippen molar-refractivity contribution in [1.82, 2.24) is 4.57 Å². The molecule has 47 heavy (non-hydrogen) atoms. The molecule has 13 nitrogen and oxygen atoms in total. The molecule has 0 unspecified atom stereocenters. The molecule has 0 radical (unpaired) electrons. The van der Waals surface area contributed by atoms with Gasteiger partial charge in [-0.2, -0.15) is 0 Å². The monoisotopic (exact) mass is 661 g/mol. The van der Waals surface area contributed by atoms with Crippen LogP contribution in [0.1, 0.15) is 43.7 Å². The van der Waals surface area contributed by atoms with Crippen LogP contribution in [0.2, 0.25) is 0 Å². The van der Waals surface area contributed by atoms with Gasteiger partial charge in [-0.1, -0.05) is 17.4 Å². The highest BCUT2D eigenvalue weighted by atomic mass is 32.1. The van der Waals surface area contributed by atoms with Gasteiger partial charge in [-0.25, -0.2) is 14.6 Å². The zero-order valence-electron chi connectivity index (χ0n) is 26.2. The maximum absolute atomic E-state index is 14.0. The van der Waals surface area contributed by atoms with E-state index in [1.54, 1.807) is 70.2 Å². The number of rotatable bonds is 11. The molecule has 1 aliphatic rings. The SMILES string of the molecule is CCOC(=O)C1=C(C)N=c2s/c(=C/c3ccc(-c4ccc([N+](=O)[O-])cc4C)o3)c(=O)n2[C@@H]1c1ccc(OCC(=O)OC)c(OCC)c1. The Balaban J connectivity index is 1.60. The molecular formula is C33H31N3O10S. The van der Waals surface area contributed by atoms with Gasteiger partial charge in [-0.05, 0) is 69.2 Å². The van der Waals surface area contributed by atoms with Gasteiger partial charge in [0.15, 0.2) is 22.9 Å². The molecule has 0 bridgehead atoms. The Morgan fingerprint density at radius 2 is 1.85 bits per heavy atom. The van der Waals surface area contributed by atoms with E-state index in [9.17, 15) is 24.5 Å². The van der Waals surface area contributed by atoms with E-state index in [1.807, 2.05) is 0 Å². The first-order valence-electron chi connectivity index (χ1n) is 14.6. The van der Waals surface area contributed by atoms with Crippen LogP contribution < -0.4 is 24.4 Å². The number of ether oxygens (including phenoxy) is 4. The standard InChI is InChI=1S/C33H31N3O10S/c1-6-43-26-15-20(8-12-25(26)45-17-28(37)42-5)30-29(32(39)44-7-2)19(4)34-33-35(30)31(38)27(47-33)16-22-10-13-24(46-22)23-11-9-21(36(40)41)14-18(23)3/h8-16,30H,6-7,17H2,1-5H3/b27-16+/t30-/m1/s1. The Labute approximate surface area is 272 Å². The predicted molar refractivity (Wildman–Crippen MR) is 171 cm³/mol. The minimum atomic E-state index is -0.920. The van der Waals surface area contributed by atoms with Gasteiger partial charge in [0.05, 0.1) is 47.1 Å². The molecule has 0 aliphatic carbocycles. The number of hydrogen-bond acceptors (Lipinski definition) is 12. The van der Waals surface area contributed by atoms with Crippen LogP contribution in [-0.4, -0.2) is 48.4 Å². The molecule has 3 heterocycles. The number of esters is 2. The fourth-order valence-electron chi connectivity index (χ4n) is 5.13. The Bertz CT molecular complexity index is 2090. The number of nitro benzene ring substituents is 1. The molecule has 4 aromatic rings. The van der Waals surface area contributed by atoms with Crippen LogP contribution in [0.3, 0.4) is 0 Å². The third-order valence-corrected chi connectivity index (χ3v) is 8.24. The molecule has 0 N–H and O–H groups in total. The number of aryl methyl sites for hydroxylation is 1. The third-order valence-electron chi connectivity index (χ3n) is 7.26. The van der Waals surface area contributed by atoms with Crippen LogP contribution in [0, 0.1) is 17.0 Å². The van der Waals surface area contributed by atoms with Gasteiger partial charge in [-0.3, -0.25) is 19.5 Å². The Morgan fingerprint density at radius 1 is 1.06 bits per heavy atom. The molecular weight excluding hydrogens is 630 g/mol. The molecule has 0 amide bonds. The summed E-state index contributed by atoms with van der Waals surface area (Å²) in [7, 11) is 1.25. The normalized spacial score (nSPS) is 14.3. The summed E-state index contributed by atoms with van der Waals surface area (Å²) in [6.45, 7) is 6.97. The summed E-state index contributed by atoms with van der Waals surface area (Å²) < 4.78 is 29.2. The highest BCUT2D eigenvalue weighted by Gasteiger charge is 2.34. The number of hydrogen-bond donors (Lipinski definition) is 0. The van der Waals surface area contributed by atoms with E-state index < -0.39 is 28.5 Å². The number of non-ortho nitro benzene ring substituents is 1. The number of methoxy groups -OCH3 is 1. The van der Waals surface area contributed by atoms with Gasteiger partial charge in [-0.15, -0.1) is 0 Å². The van der Waals surface area contributed by atoms with Crippen molar-refractivity contribution in [3.05, 3.63) is 106 Å². The van der Waals surface area contributed by atoms with E-state index in [4.69, 9.17) is 18.6 Å². The van der Waals surface area contributed by atoms with E-state index in [2.05, 4.69) is 9.73 Å². The molecule has 5 rings (SSSR count). The Hall–Kier alpha value is -5.50. The van der Waals surface area contributed by atoms with Gasteiger partial charge in [0.25, 0.3) is 11.2 Å². The summed E-state index contributed by atoms with van der Waals surface area (Å²) >= 11 is 1.13. The number of benzene rings is 2. The lowest BCUT2D eigenvalue weighted by molar-refractivity contribution is -0.384. The number of fused-ring (bicyclic) bond motifs is 1. The lowest BCUT2D eigenvalue weighted by Crippen LogP contribution is -2.40. The van der Waals surface area contributed by atoms with E-state index in [0.717, 1.165) is 11.3 Å². The number of allylic oxidation sites excluding steroid dienone is 1. The van der Waals surface area contributed by atoms with Gasteiger partial charge in [0, 0.05) is 23.8 Å². The van der Waals surface area contributed by atoms with Gasteiger partial charge in [0.1, 0.15) is 11.5 Å². The first-order chi connectivity index (χ1) is 22.6. The van der Waals surface area contributed by atoms with Crippen LogP contribution in [0.5, 0.6) is 11.5 Å². The zero-order chi connectivity index (χ0) is 33.8. The fraction of sp³-hybridized carbons (Fsp3) is 0.273. The van der Waals surface area contributed by atoms with Crippen molar-refractivity contribution in [3.63, 3.8) is 0 Å². The maximum atomic E-state index is 14.0. The number of furan rings is 1. The van der Waals surface area contributed by atoms with Crippen molar-refractivity contribution >= 4 is 35.0 Å². The Kier molecular flexibility index (Phi) is 9.70. The van der Waals surface area contributed by atoms with Gasteiger partial charge < -0.3 is 23.4 Å². The smallest absolute Gasteiger partial charge is 0.343 e. The molecule has 0 spiro atoms. The topological polar surface area (TPSA) is 162 Å². The van der Waals surface area contributed by atoms with E-state index in [1.165, 1.54) is 23.8 Å². The second kappa shape index (κ2) is 13.9. The highest BCUT2D eigenvalue weighted by Crippen LogP contribution is 2.36. The first kappa shape index (κ1) is 32.9. The number of thiazole rings is 1. The second-order valence-electron chi connectivity index (χ2n) is 10.3. The molecule has 0 saturated heterocycles. The molecule has 1 atom stereocenters. The minimum absolute atomic E-state index is 0.0251. The zero-order valence-corrected chi connectivity index (χ0v) is 27.0. The van der Waals surface area contributed by atoms with Crippen molar-refractivity contribution < 1.29 is 37.9 Å². The quantitative estimate of drug-likeness (QED) is 0.129. The molecule has 2 aromatic heterocycles. The second-order valence-corrected chi connectivity index (χ2v) is 11.3. The number of nitro groups is 1. The van der Waals surface area contributed by atoms with Crippen LogP contribution in [0.4, 0.5) is 5.69 Å². The summed E-state index contributed by atoms with van der Waals surface area (Å²) in [6, 6.07) is 11.9. The van der Waals surface area contributed by atoms with E-state index >= 15 is 0 Å². The Morgan fingerprint density at radius 3 is 2.53 bits per heavy atom. The first-order valence-corrected chi connectivity index (χ1v) is 15.4. The largest absolute Gasteiger partial charge is 0.490 e. The molecule has 1 aliphatic heterocycles. The summed E-state index contributed by atoms with van der Waals surface area (Å²) in [4.78, 5) is 54.7. The van der Waals surface area contributed by atoms with Crippen molar-refractivity contribution in [2.75, 3.05) is 26.9 Å². The van der Waals surface area contributed by atoms with Crippen LogP contribution in [0.25, 0.3) is 17.4 Å². The van der Waals surface area contributed by atoms with Crippen molar-refractivity contribution in [3.8, 4) is 22.8 Å². The number of carbonyl (C=O) groups excluding carboxylic acids is 2. The number of nitrogens with zero attached hydrogens (tertiary/aromatic N) is 3. The molecule has 0 saturated carbocycles. The molecule has 0 fully saturated rings. The molecule has 244 valence electrons. The number of carbonyl (C=O) groups is 2. The van der Waals surface area contributed by atoms with Gasteiger partial charge >= 0.3 is 11.9 Å². The summed E-state index contributed by atoms with van der Waals surface area (Å²) in [5, 5.41) is 11.2. The lowest BCUT2D eigenvalue weighted by Gasteiger charge is -2.25. The summed E-state index contributed by atoms with van der Waals surface area (Å²) in [6.07, 6.45) is 1.59. The maximum Gasteiger partial charge on any atom is 0.343 e. The lowest BCUT2D eigenvalue weighted by atomic mass is 9.95. The number of aromatic nitrogens is 1. The van der Waals surface area contributed by atoms with Crippen LogP contribution >= 0.6 is 11.3 Å². The minimum Gasteiger partial charge on any atom is -0.490 e. The van der Waals surface area contributed by atoms with Crippen molar-refractivity contribution in [1.29, 1.82) is 0 Å². The molecule has 2 aromatic carbocycles. The highest BCUT2D eigenvalue weighted by molar-refractivity contribution is 7.07. The third kappa shape index (κ3) is 6.72. The van der Waals surface area contributed by atoms with Crippen LogP contribution in [-0.2, 0) is 19.1 Å². The van der Waals surface area contributed by atoms with Crippen molar-refractivity contribution in [2.45, 2.75) is 33.7 Å². The molecule has 14 heteroatoms. The summed E-state index contributed by atoms with van der Waals surface area (Å²) in [5.41, 5.74) is 2.00.